The third-order valence-corrected chi connectivity index (χ3v) is 5.02. The fraction of sp³-hybridized carbons (Fsp3) is 0.455. The van der Waals surface area contributed by atoms with Gasteiger partial charge in [-0.3, -0.25) is 0 Å². The lowest BCUT2D eigenvalue weighted by atomic mass is 10.2. The Hall–Kier alpha value is -0.673. The van der Waals surface area contributed by atoms with Crippen molar-refractivity contribution in [2.24, 2.45) is 0 Å². The second-order valence-electron chi connectivity index (χ2n) is 4.09. The van der Waals surface area contributed by atoms with Crippen LogP contribution in [0.25, 0.3) is 0 Å². The Labute approximate surface area is 86.0 Å². The number of aryl methyl sites for hydroxylation is 1. The molecule has 0 saturated carbocycles. The van der Waals surface area contributed by atoms with E-state index >= 15 is 0 Å². The van der Waals surface area contributed by atoms with E-state index < -0.39 is 8.32 Å². The molecule has 1 nitrogen and oxygen atoms in total. The van der Waals surface area contributed by atoms with Gasteiger partial charge in [0.25, 0.3) is 0 Å². The molecule has 0 saturated heterocycles. The summed E-state index contributed by atoms with van der Waals surface area (Å²) in [6, 6.07) is 7.82. The first-order valence-corrected chi connectivity index (χ1v) is 7.95. The molecule has 0 bridgehead atoms. The van der Waals surface area contributed by atoms with E-state index in [1.165, 1.54) is 6.07 Å². The molecule has 0 spiro atoms. The third-order valence-electron chi connectivity index (χ3n) is 2.46. The average molecular weight is 212 g/mol. The molecule has 78 valence electrons. The van der Waals surface area contributed by atoms with Crippen molar-refractivity contribution in [1.82, 2.24) is 0 Å². The molecule has 0 aromatic heterocycles. The van der Waals surface area contributed by atoms with Crippen LogP contribution in [0, 0.1) is 5.82 Å². The molecular weight excluding hydrogens is 195 g/mol. The van der Waals surface area contributed by atoms with Crippen LogP contribution >= 0.6 is 0 Å². The highest BCUT2D eigenvalue weighted by Crippen LogP contribution is 2.15. The molecule has 3 heteroatoms. The zero-order valence-corrected chi connectivity index (χ0v) is 10.0. The summed E-state index contributed by atoms with van der Waals surface area (Å²) in [6.45, 7) is 4.35. The molecule has 0 N–H and O–H groups in total. The van der Waals surface area contributed by atoms with E-state index in [1.807, 2.05) is 6.07 Å². The average Bonchev–Trinajstić information content (AvgIpc) is 2.15. The first-order valence-electron chi connectivity index (χ1n) is 4.83. The summed E-state index contributed by atoms with van der Waals surface area (Å²) in [5, 5.41) is 0. The fourth-order valence-electron chi connectivity index (χ4n) is 1.24. The fourth-order valence-corrected chi connectivity index (χ4v) is 2.33. The summed E-state index contributed by atoms with van der Waals surface area (Å²) >= 11 is 0. The maximum atomic E-state index is 12.8. The standard InChI is InChI=1S/C11H17FOSi/c1-13-14(2,3)8-7-10-5-4-6-11(12)9-10/h4-6,9H,7-8H2,1-3H3. The van der Waals surface area contributed by atoms with Crippen LogP contribution in [0.15, 0.2) is 24.3 Å². The maximum absolute atomic E-state index is 12.8. The zero-order chi connectivity index (χ0) is 10.6. The van der Waals surface area contributed by atoms with Gasteiger partial charge in [-0.15, -0.1) is 0 Å². The second-order valence-corrected chi connectivity index (χ2v) is 8.52. The zero-order valence-electron chi connectivity index (χ0n) is 9.01. The monoisotopic (exact) mass is 212 g/mol. The summed E-state index contributed by atoms with van der Waals surface area (Å²) in [5.74, 6) is -0.153. The van der Waals surface area contributed by atoms with Gasteiger partial charge in [0.1, 0.15) is 5.82 Å². The van der Waals surface area contributed by atoms with Crippen LogP contribution in [0.3, 0.4) is 0 Å². The highest BCUT2D eigenvalue weighted by Gasteiger charge is 2.19. The molecule has 1 rings (SSSR count). The van der Waals surface area contributed by atoms with E-state index in [4.69, 9.17) is 4.43 Å². The van der Waals surface area contributed by atoms with Gasteiger partial charge in [-0.25, -0.2) is 4.39 Å². The summed E-state index contributed by atoms with van der Waals surface area (Å²) in [5.41, 5.74) is 1.06. The Bertz CT molecular complexity index is 299. The van der Waals surface area contributed by atoms with Gasteiger partial charge in [0.05, 0.1) is 0 Å². The van der Waals surface area contributed by atoms with Gasteiger partial charge in [-0.2, -0.15) is 0 Å². The van der Waals surface area contributed by atoms with Gasteiger partial charge in [0.2, 0.25) is 0 Å². The summed E-state index contributed by atoms with van der Waals surface area (Å²) < 4.78 is 18.3. The maximum Gasteiger partial charge on any atom is 0.186 e. The molecule has 0 fully saturated rings. The van der Waals surface area contributed by atoms with Gasteiger partial charge < -0.3 is 4.43 Å². The van der Waals surface area contributed by atoms with Crippen LogP contribution in [-0.4, -0.2) is 15.4 Å². The predicted molar refractivity (Wildman–Crippen MR) is 59.4 cm³/mol. The lowest BCUT2D eigenvalue weighted by Gasteiger charge is -2.19. The molecule has 1 aromatic carbocycles. The molecule has 0 amide bonds. The first kappa shape index (κ1) is 11.4. The highest BCUT2D eigenvalue weighted by atomic mass is 28.4. The molecule has 0 radical (unpaired) electrons. The van der Waals surface area contributed by atoms with Crippen LogP contribution in [-0.2, 0) is 10.8 Å². The summed E-state index contributed by atoms with van der Waals surface area (Å²) in [4.78, 5) is 0. The molecule has 0 aliphatic heterocycles. The van der Waals surface area contributed by atoms with Crippen molar-refractivity contribution in [3.8, 4) is 0 Å². The van der Waals surface area contributed by atoms with E-state index in [2.05, 4.69) is 13.1 Å². The molecule has 0 atom stereocenters. The van der Waals surface area contributed by atoms with Crippen LogP contribution in [0.5, 0.6) is 0 Å². The highest BCUT2D eigenvalue weighted by molar-refractivity contribution is 6.71. The number of hydrogen-bond acceptors (Lipinski definition) is 1. The molecule has 0 unspecified atom stereocenters. The molecule has 14 heavy (non-hydrogen) atoms. The van der Waals surface area contributed by atoms with Gasteiger partial charge >= 0.3 is 0 Å². The normalized spacial score (nSPS) is 11.7. The summed E-state index contributed by atoms with van der Waals surface area (Å²) in [7, 11) is 0.262. The minimum absolute atomic E-state index is 0.153. The van der Waals surface area contributed by atoms with Crippen molar-refractivity contribution in [3.63, 3.8) is 0 Å². The van der Waals surface area contributed by atoms with Crippen LogP contribution in [0.1, 0.15) is 5.56 Å². The van der Waals surface area contributed by atoms with Gasteiger partial charge in [-0.1, -0.05) is 12.1 Å². The summed E-state index contributed by atoms with van der Waals surface area (Å²) in [6.07, 6.45) is 0.908. The van der Waals surface area contributed by atoms with Crippen molar-refractivity contribution in [2.75, 3.05) is 7.11 Å². The number of hydrogen-bond donors (Lipinski definition) is 0. The largest absolute Gasteiger partial charge is 0.420 e. The van der Waals surface area contributed by atoms with E-state index in [0.29, 0.717) is 0 Å². The van der Waals surface area contributed by atoms with Crippen molar-refractivity contribution >= 4 is 8.32 Å². The Morgan fingerprint density at radius 2 is 2.07 bits per heavy atom. The Morgan fingerprint density at radius 1 is 1.36 bits per heavy atom. The Kier molecular flexibility index (Phi) is 3.83. The van der Waals surface area contributed by atoms with E-state index in [1.54, 1.807) is 19.2 Å². The van der Waals surface area contributed by atoms with Crippen molar-refractivity contribution in [2.45, 2.75) is 25.6 Å². The van der Waals surface area contributed by atoms with Crippen LogP contribution in [0.4, 0.5) is 4.39 Å². The van der Waals surface area contributed by atoms with Crippen LogP contribution < -0.4 is 0 Å². The SMILES string of the molecule is CO[Si](C)(C)CCc1cccc(F)c1. The molecule has 0 aliphatic carbocycles. The predicted octanol–water partition coefficient (Wildman–Crippen LogP) is 3.22. The lowest BCUT2D eigenvalue weighted by molar-refractivity contribution is 0.403. The molecule has 1 aromatic rings. The van der Waals surface area contributed by atoms with Gasteiger partial charge in [0, 0.05) is 7.11 Å². The molecule has 0 heterocycles. The van der Waals surface area contributed by atoms with E-state index in [9.17, 15) is 4.39 Å². The molecular formula is C11H17FOSi. The van der Waals surface area contributed by atoms with E-state index in [-0.39, 0.29) is 5.82 Å². The number of halogens is 1. The van der Waals surface area contributed by atoms with Crippen molar-refractivity contribution in [3.05, 3.63) is 35.6 Å². The molecule has 0 aliphatic rings. The lowest BCUT2D eigenvalue weighted by Crippen LogP contribution is -2.28. The number of rotatable bonds is 4. The Balaban J connectivity index is 2.54. The first-order chi connectivity index (χ1) is 6.53. The number of benzene rings is 1. The van der Waals surface area contributed by atoms with E-state index in [0.717, 1.165) is 18.0 Å². The van der Waals surface area contributed by atoms with Crippen molar-refractivity contribution < 1.29 is 8.82 Å². The topological polar surface area (TPSA) is 9.23 Å². The Morgan fingerprint density at radius 3 is 2.64 bits per heavy atom. The smallest absolute Gasteiger partial charge is 0.186 e. The van der Waals surface area contributed by atoms with Gasteiger partial charge in [-0.05, 0) is 43.3 Å². The minimum Gasteiger partial charge on any atom is -0.420 e. The van der Waals surface area contributed by atoms with Crippen molar-refractivity contribution in [1.29, 1.82) is 0 Å². The quantitative estimate of drug-likeness (QED) is 0.696. The van der Waals surface area contributed by atoms with Crippen LogP contribution in [0.2, 0.25) is 19.1 Å². The minimum atomic E-state index is -1.50. The second kappa shape index (κ2) is 4.71. The van der Waals surface area contributed by atoms with Gasteiger partial charge in [0.15, 0.2) is 8.32 Å². The third kappa shape index (κ3) is 3.60.